The molecule has 1 rings (SSSR count). The maximum absolute atomic E-state index is 12.1. The van der Waals surface area contributed by atoms with E-state index in [-0.39, 0.29) is 12.4 Å². The van der Waals surface area contributed by atoms with E-state index >= 15 is 0 Å². The second kappa shape index (κ2) is 26.0. The largest absolute Gasteiger partial charge is 0.480 e. The Hall–Kier alpha value is -1.88. The highest BCUT2D eigenvalue weighted by atomic mass is 16.5. The zero-order chi connectivity index (χ0) is 29.1. The van der Waals surface area contributed by atoms with Gasteiger partial charge in [-0.3, -0.25) is 9.59 Å². The maximum Gasteiger partial charge on any atom is 0.320 e. The van der Waals surface area contributed by atoms with Crippen molar-refractivity contribution in [2.45, 2.75) is 173 Å². The molecular formula is C35H61NO4. The minimum absolute atomic E-state index is 0.210. The third-order valence-corrected chi connectivity index (χ3v) is 7.91. The fraction of sp³-hybridized carbons (Fsp3) is 0.771. The SMILES string of the molecule is CCCCCCCCCCCCCCCCCCCCCCCCCC(=O)Oc1ccc(C[C@H](N)C(=O)O)cc1. The Bertz CT molecular complexity index is 733. The maximum atomic E-state index is 12.1. The van der Waals surface area contributed by atoms with Gasteiger partial charge in [-0.2, -0.15) is 0 Å². The number of unbranched alkanes of at least 4 members (excludes halogenated alkanes) is 22. The van der Waals surface area contributed by atoms with Crippen molar-refractivity contribution in [1.29, 1.82) is 0 Å². The highest BCUT2D eigenvalue weighted by Gasteiger charge is 2.12. The van der Waals surface area contributed by atoms with Gasteiger partial charge in [-0.05, 0) is 30.5 Å². The van der Waals surface area contributed by atoms with Crippen LogP contribution in [-0.2, 0) is 16.0 Å². The molecule has 5 heteroatoms. The summed E-state index contributed by atoms with van der Waals surface area (Å²) in [5, 5.41) is 8.89. The minimum Gasteiger partial charge on any atom is -0.480 e. The van der Waals surface area contributed by atoms with Gasteiger partial charge in [0.25, 0.3) is 0 Å². The van der Waals surface area contributed by atoms with E-state index in [1.807, 2.05) is 0 Å². The predicted octanol–water partition coefficient (Wildman–Crippen LogP) is 9.93. The Morgan fingerprint density at radius 1 is 0.625 bits per heavy atom. The molecule has 0 unspecified atom stereocenters. The third kappa shape index (κ3) is 21.9. The molecule has 0 heterocycles. The first kappa shape index (κ1) is 36.1. The molecule has 40 heavy (non-hydrogen) atoms. The summed E-state index contributed by atoms with van der Waals surface area (Å²) in [6.07, 6.45) is 31.9. The van der Waals surface area contributed by atoms with Gasteiger partial charge >= 0.3 is 11.9 Å². The lowest BCUT2D eigenvalue weighted by atomic mass is 10.0. The zero-order valence-corrected chi connectivity index (χ0v) is 25.8. The van der Waals surface area contributed by atoms with E-state index in [0.29, 0.717) is 12.2 Å². The minimum atomic E-state index is -1.02. The molecule has 0 aliphatic rings. The molecule has 0 aromatic heterocycles. The number of carbonyl (C=O) groups excluding carboxylic acids is 1. The second-order valence-electron chi connectivity index (χ2n) is 11.8. The van der Waals surface area contributed by atoms with Crippen LogP contribution in [0.3, 0.4) is 0 Å². The summed E-state index contributed by atoms with van der Waals surface area (Å²) in [5.74, 6) is -0.740. The lowest BCUT2D eigenvalue weighted by Gasteiger charge is -2.08. The molecule has 3 N–H and O–H groups in total. The van der Waals surface area contributed by atoms with Crippen LogP contribution >= 0.6 is 0 Å². The summed E-state index contributed by atoms with van der Waals surface area (Å²) in [4.78, 5) is 22.9. The first-order chi connectivity index (χ1) is 19.5. The Morgan fingerprint density at radius 3 is 1.32 bits per heavy atom. The van der Waals surface area contributed by atoms with Gasteiger partial charge in [-0.15, -0.1) is 0 Å². The van der Waals surface area contributed by atoms with Crippen LogP contribution in [0.25, 0.3) is 0 Å². The molecule has 0 aliphatic carbocycles. The fourth-order valence-electron chi connectivity index (χ4n) is 5.27. The number of hydrogen-bond donors (Lipinski definition) is 2. The van der Waals surface area contributed by atoms with Crippen molar-refractivity contribution in [2.75, 3.05) is 0 Å². The molecular weight excluding hydrogens is 498 g/mol. The summed E-state index contributed by atoms with van der Waals surface area (Å²) >= 11 is 0. The topological polar surface area (TPSA) is 89.6 Å². The molecule has 5 nitrogen and oxygen atoms in total. The van der Waals surface area contributed by atoms with Crippen LogP contribution in [0.15, 0.2) is 24.3 Å². The van der Waals surface area contributed by atoms with Gasteiger partial charge in [0, 0.05) is 6.42 Å². The summed E-state index contributed by atoms with van der Waals surface area (Å²) in [6, 6.07) is 5.98. The number of esters is 1. The van der Waals surface area contributed by atoms with Crippen LogP contribution in [0.5, 0.6) is 5.75 Å². The Labute approximate surface area is 246 Å². The number of ether oxygens (including phenoxy) is 1. The van der Waals surface area contributed by atoms with Crippen molar-refractivity contribution in [3.8, 4) is 5.75 Å². The average Bonchev–Trinajstić information content (AvgIpc) is 2.94. The molecule has 230 valence electrons. The van der Waals surface area contributed by atoms with E-state index in [1.165, 1.54) is 135 Å². The lowest BCUT2D eigenvalue weighted by Crippen LogP contribution is -2.32. The van der Waals surface area contributed by atoms with Crippen LogP contribution in [0.2, 0.25) is 0 Å². The monoisotopic (exact) mass is 559 g/mol. The summed E-state index contributed by atoms with van der Waals surface area (Å²) < 4.78 is 5.38. The number of carboxylic acids is 1. The van der Waals surface area contributed by atoms with Gasteiger partial charge in [-0.25, -0.2) is 0 Å². The Morgan fingerprint density at radius 2 is 0.975 bits per heavy atom. The van der Waals surface area contributed by atoms with E-state index < -0.39 is 12.0 Å². The van der Waals surface area contributed by atoms with E-state index in [4.69, 9.17) is 15.6 Å². The molecule has 1 atom stereocenters. The summed E-state index contributed by atoms with van der Waals surface area (Å²) in [5.41, 5.74) is 6.36. The predicted molar refractivity (Wildman–Crippen MR) is 168 cm³/mol. The van der Waals surface area contributed by atoms with Crippen LogP contribution in [0, 0.1) is 0 Å². The lowest BCUT2D eigenvalue weighted by molar-refractivity contribution is -0.138. The molecule has 0 spiro atoms. The number of nitrogens with two attached hydrogens (primary N) is 1. The normalized spacial score (nSPS) is 11.9. The second-order valence-corrected chi connectivity index (χ2v) is 11.8. The van der Waals surface area contributed by atoms with E-state index in [1.54, 1.807) is 24.3 Å². The van der Waals surface area contributed by atoms with Gasteiger partial charge < -0.3 is 15.6 Å². The van der Waals surface area contributed by atoms with Crippen molar-refractivity contribution in [1.82, 2.24) is 0 Å². The third-order valence-electron chi connectivity index (χ3n) is 7.91. The molecule has 0 bridgehead atoms. The quantitative estimate of drug-likeness (QED) is 0.0605. The fourth-order valence-corrected chi connectivity index (χ4v) is 5.27. The van der Waals surface area contributed by atoms with Gasteiger partial charge in [0.1, 0.15) is 11.8 Å². The molecule has 0 radical (unpaired) electrons. The molecule has 0 fully saturated rings. The van der Waals surface area contributed by atoms with Crippen LogP contribution < -0.4 is 10.5 Å². The van der Waals surface area contributed by atoms with Crippen LogP contribution in [0.1, 0.15) is 167 Å². The number of hydrogen-bond acceptors (Lipinski definition) is 4. The number of aliphatic carboxylic acids is 1. The van der Waals surface area contributed by atoms with Gasteiger partial charge in [0.05, 0.1) is 0 Å². The zero-order valence-electron chi connectivity index (χ0n) is 25.8. The van der Waals surface area contributed by atoms with E-state index in [9.17, 15) is 9.59 Å². The van der Waals surface area contributed by atoms with Gasteiger partial charge in [-0.1, -0.05) is 160 Å². The highest BCUT2D eigenvalue weighted by molar-refractivity contribution is 5.73. The van der Waals surface area contributed by atoms with Gasteiger partial charge in [0.2, 0.25) is 0 Å². The number of carboxylic acid groups (broad SMARTS) is 1. The highest BCUT2D eigenvalue weighted by Crippen LogP contribution is 2.17. The Kier molecular flexibility index (Phi) is 23.5. The molecule has 1 aromatic rings. The van der Waals surface area contributed by atoms with Crippen LogP contribution in [-0.4, -0.2) is 23.1 Å². The van der Waals surface area contributed by atoms with Crippen molar-refractivity contribution >= 4 is 11.9 Å². The smallest absolute Gasteiger partial charge is 0.320 e. The van der Waals surface area contributed by atoms with E-state index in [2.05, 4.69) is 6.92 Å². The first-order valence-electron chi connectivity index (χ1n) is 16.8. The van der Waals surface area contributed by atoms with Crippen molar-refractivity contribution in [3.05, 3.63) is 29.8 Å². The molecule has 0 saturated heterocycles. The molecule has 0 amide bonds. The molecule has 1 aromatic carbocycles. The van der Waals surface area contributed by atoms with Gasteiger partial charge in [0.15, 0.2) is 0 Å². The first-order valence-corrected chi connectivity index (χ1v) is 16.8. The van der Waals surface area contributed by atoms with Crippen molar-refractivity contribution in [3.63, 3.8) is 0 Å². The molecule has 0 aliphatic heterocycles. The summed E-state index contributed by atoms with van der Waals surface area (Å²) in [6.45, 7) is 2.29. The standard InChI is InChI=1S/C35H61NO4/c1-2-3-4-5-6-7-8-9-10-11-12-13-14-15-16-17-18-19-20-21-22-23-24-25-34(37)40-32-28-26-31(27-29-32)30-33(36)35(38)39/h26-29,33H,2-25,30,36H2,1H3,(H,38,39)/t33-/m0/s1. The number of benzene rings is 1. The van der Waals surface area contributed by atoms with Crippen molar-refractivity contribution in [2.24, 2.45) is 5.73 Å². The number of rotatable bonds is 28. The average molecular weight is 560 g/mol. The van der Waals surface area contributed by atoms with Crippen molar-refractivity contribution < 1.29 is 19.4 Å². The van der Waals surface area contributed by atoms with E-state index in [0.717, 1.165) is 18.4 Å². The molecule has 0 saturated carbocycles. The Balaban J connectivity index is 1.81. The summed E-state index contributed by atoms with van der Waals surface area (Å²) in [7, 11) is 0. The van der Waals surface area contributed by atoms with Crippen LogP contribution in [0.4, 0.5) is 0 Å². The number of carbonyl (C=O) groups is 2.